The number of hydrogen-bond acceptors (Lipinski definition) is 4. The Hall–Kier alpha value is -2.17. The maximum atomic E-state index is 10.4. The van der Waals surface area contributed by atoms with E-state index in [1.54, 1.807) is 18.0 Å². The van der Waals surface area contributed by atoms with E-state index in [9.17, 15) is 4.79 Å². The SMILES string of the molecule is COc1cccc(Cn2cc(C=O)nn2)c1. The van der Waals surface area contributed by atoms with E-state index in [-0.39, 0.29) is 0 Å². The quantitative estimate of drug-likeness (QED) is 0.721. The number of carbonyl (C=O) groups excluding carboxylic acids is 1. The molecule has 0 spiro atoms. The summed E-state index contributed by atoms with van der Waals surface area (Å²) in [6, 6.07) is 7.67. The molecule has 2 rings (SSSR count). The lowest BCUT2D eigenvalue weighted by atomic mass is 10.2. The molecule has 0 saturated carbocycles. The summed E-state index contributed by atoms with van der Waals surface area (Å²) in [4.78, 5) is 10.4. The number of benzene rings is 1. The first kappa shape index (κ1) is 10.4. The van der Waals surface area contributed by atoms with Gasteiger partial charge in [0.15, 0.2) is 6.29 Å². The molecule has 1 aromatic heterocycles. The van der Waals surface area contributed by atoms with E-state index in [1.165, 1.54) is 0 Å². The summed E-state index contributed by atoms with van der Waals surface area (Å²) in [6.45, 7) is 0.568. The normalized spacial score (nSPS) is 10.1. The molecule has 0 atom stereocenters. The van der Waals surface area contributed by atoms with Crippen LogP contribution in [0.25, 0.3) is 0 Å². The minimum atomic E-state index is 0.336. The topological polar surface area (TPSA) is 57.0 Å². The molecule has 0 radical (unpaired) electrons. The second kappa shape index (κ2) is 4.57. The van der Waals surface area contributed by atoms with Crippen molar-refractivity contribution in [3.8, 4) is 5.75 Å². The fraction of sp³-hybridized carbons (Fsp3) is 0.182. The van der Waals surface area contributed by atoms with E-state index in [0.29, 0.717) is 18.5 Å². The zero-order chi connectivity index (χ0) is 11.4. The van der Waals surface area contributed by atoms with Crippen molar-refractivity contribution >= 4 is 6.29 Å². The van der Waals surface area contributed by atoms with Gasteiger partial charge in [0.05, 0.1) is 19.9 Å². The van der Waals surface area contributed by atoms with Gasteiger partial charge in [0.1, 0.15) is 11.4 Å². The molecule has 0 fully saturated rings. The van der Waals surface area contributed by atoms with Crippen LogP contribution in [0.2, 0.25) is 0 Å². The Morgan fingerprint density at radius 1 is 1.50 bits per heavy atom. The Morgan fingerprint density at radius 3 is 3.06 bits per heavy atom. The highest BCUT2D eigenvalue weighted by Crippen LogP contribution is 2.13. The van der Waals surface area contributed by atoms with Gasteiger partial charge in [-0.15, -0.1) is 5.10 Å². The van der Waals surface area contributed by atoms with Gasteiger partial charge in [-0.2, -0.15) is 0 Å². The van der Waals surface area contributed by atoms with Gasteiger partial charge in [0.25, 0.3) is 0 Å². The first-order valence-electron chi connectivity index (χ1n) is 4.80. The first-order chi connectivity index (χ1) is 7.81. The molecular formula is C11H11N3O2. The van der Waals surface area contributed by atoms with Crippen LogP contribution in [0.5, 0.6) is 5.75 Å². The highest BCUT2D eigenvalue weighted by Gasteiger charge is 2.01. The number of ether oxygens (including phenoxy) is 1. The van der Waals surface area contributed by atoms with Gasteiger partial charge in [-0.3, -0.25) is 4.79 Å². The third-order valence-corrected chi connectivity index (χ3v) is 2.16. The molecule has 5 nitrogen and oxygen atoms in total. The lowest BCUT2D eigenvalue weighted by Gasteiger charge is -2.03. The maximum absolute atomic E-state index is 10.4. The van der Waals surface area contributed by atoms with Crippen molar-refractivity contribution in [2.45, 2.75) is 6.54 Å². The zero-order valence-electron chi connectivity index (χ0n) is 8.83. The summed E-state index contributed by atoms with van der Waals surface area (Å²) in [5.41, 5.74) is 1.38. The Balaban J connectivity index is 2.16. The number of carbonyl (C=O) groups is 1. The second-order valence-corrected chi connectivity index (χ2v) is 3.31. The van der Waals surface area contributed by atoms with E-state index in [4.69, 9.17) is 4.74 Å². The lowest BCUT2D eigenvalue weighted by Crippen LogP contribution is -2.00. The van der Waals surface area contributed by atoms with Gasteiger partial charge in [0.2, 0.25) is 0 Å². The number of rotatable bonds is 4. The average Bonchev–Trinajstić information content (AvgIpc) is 2.77. The molecule has 1 aromatic carbocycles. The van der Waals surface area contributed by atoms with Crippen molar-refractivity contribution < 1.29 is 9.53 Å². The van der Waals surface area contributed by atoms with E-state index in [1.807, 2.05) is 24.3 Å². The summed E-state index contributed by atoms with van der Waals surface area (Å²) >= 11 is 0. The van der Waals surface area contributed by atoms with Gasteiger partial charge in [-0.05, 0) is 17.7 Å². The molecule has 0 aliphatic carbocycles. The van der Waals surface area contributed by atoms with Crippen LogP contribution in [-0.4, -0.2) is 28.4 Å². The predicted molar refractivity (Wildman–Crippen MR) is 57.5 cm³/mol. The molecule has 0 unspecified atom stereocenters. The van der Waals surface area contributed by atoms with Crippen LogP contribution in [0, 0.1) is 0 Å². The molecular weight excluding hydrogens is 206 g/mol. The third-order valence-electron chi connectivity index (χ3n) is 2.16. The molecule has 0 N–H and O–H groups in total. The predicted octanol–water partition coefficient (Wildman–Crippen LogP) is 1.15. The first-order valence-corrected chi connectivity index (χ1v) is 4.80. The Kier molecular flexibility index (Phi) is 2.95. The Bertz CT molecular complexity index is 493. The third kappa shape index (κ3) is 2.25. The molecule has 5 heteroatoms. The molecule has 16 heavy (non-hydrogen) atoms. The fourth-order valence-corrected chi connectivity index (χ4v) is 1.40. The van der Waals surface area contributed by atoms with Crippen LogP contribution in [0.4, 0.5) is 0 Å². The van der Waals surface area contributed by atoms with Crippen LogP contribution < -0.4 is 4.74 Å². The Morgan fingerprint density at radius 2 is 2.38 bits per heavy atom. The zero-order valence-corrected chi connectivity index (χ0v) is 8.83. The van der Waals surface area contributed by atoms with Crippen LogP contribution >= 0.6 is 0 Å². The van der Waals surface area contributed by atoms with Gasteiger partial charge < -0.3 is 4.74 Å². The number of aromatic nitrogens is 3. The summed E-state index contributed by atoms with van der Waals surface area (Å²) in [7, 11) is 1.62. The van der Waals surface area contributed by atoms with E-state index < -0.39 is 0 Å². The lowest BCUT2D eigenvalue weighted by molar-refractivity contribution is 0.111. The standard InChI is InChI=1S/C11H11N3O2/c1-16-11-4-2-3-9(5-11)6-14-7-10(8-15)12-13-14/h2-5,7-8H,6H2,1H3. The monoisotopic (exact) mass is 217 g/mol. The molecule has 2 aromatic rings. The van der Waals surface area contributed by atoms with Crippen molar-refractivity contribution in [2.24, 2.45) is 0 Å². The molecule has 82 valence electrons. The van der Waals surface area contributed by atoms with E-state index >= 15 is 0 Å². The summed E-state index contributed by atoms with van der Waals surface area (Å²) in [5.74, 6) is 0.799. The van der Waals surface area contributed by atoms with Gasteiger partial charge in [0, 0.05) is 0 Å². The van der Waals surface area contributed by atoms with Crippen molar-refractivity contribution in [3.05, 3.63) is 41.7 Å². The molecule has 1 heterocycles. The van der Waals surface area contributed by atoms with Gasteiger partial charge >= 0.3 is 0 Å². The highest BCUT2D eigenvalue weighted by molar-refractivity contribution is 5.70. The molecule has 0 aliphatic rings. The summed E-state index contributed by atoms with van der Waals surface area (Å²) < 4.78 is 6.73. The van der Waals surface area contributed by atoms with Gasteiger partial charge in [-0.1, -0.05) is 17.3 Å². The fourth-order valence-electron chi connectivity index (χ4n) is 1.40. The second-order valence-electron chi connectivity index (χ2n) is 3.31. The average molecular weight is 217 g/mol. The van der Waals surface area contributed by atoms with E-state index in [0.717, 1.165) is 11.3 Å². The minimum absolute atomic E-state index is 0.336. The number of nitrogens with zero attached hydrogens (tertiary/aromatic N) is 3. The smallest absolute Gasteiger partial charge is 0.171 e. The van der Waals surface area contributed by atoms with E-state index in [2.05, 4.69) is 10.3 Å². The van der Waals surface area contributed by atoms with Crippen LogP contribution in [-0.2, 0) is 6.54 Å². The van der Waals surface area contributed by atoms with Crippen LogP contribution in [0.1, 0.15) is 16.1 Å². The van der Waals surface area contributed by atoms with Gasteiger partial charge in [-0.25, -0.2) is 4.68 Å². The molecule has 0 amide bonds. The highest BCUT2D eigenvalue weighted by atomic mass is 16.5. The maximum Gasteiger partial charge on any atom is 0.171 e. The number of aldehydes is 1. The van der Waals surface area contributed by atoms with Crippen molar-refractivity contribution in [3.63, 3.8) is 0 Å². The minimum Gasteiger partial charge on any atom is -0.497 e. The van der Waals surface area contributed by atoms with Crippen LogP contribution in [0.3, 0.4) is 0 Å². The largest absolute Gasteiger partial charge is 0.497 e. The molecule has 0 aliphatic heterocycles. The van der Waals surface area contributed by atoms with Crippen LogP contribution in [0.15, 0.2) is 30.5 Å². The number of methoxy groups -OCH3 is 1. The summed E-state index contributed by atoms with van der Waals surface area (Å²) in [5, 5.41) is 7.52. The summed E-state index contributed by atoms with van der Waals surface area (Å²) in [6.07, 6.45) is 2.28. The Labute approximate surface area is 92.7 Å². The number of hydrogen-bond donors (Lipinski definition) is 0. The molecule has 0 bridgehead atoms. The molecule has 0 saturated heterocycles. The van der Waals surface area contributed by atoms with Crippen molar-refractivity contribution in [2.75, 3.05) is 7.11 Å². The van der Waals surface area contributed by atoms with Crippen molar-refractivity contribution in [1.82, 2.24) is 15.0 Å². The van der Waals surface area contributed by atoms with Crippen molar-refractivity contribution in [1.29, 1.82) is 0 Å².